The Hall–Kier alpha value is -1.47. The van der Waals surface area contributed by atoms with Gasteiger partial charge < -0.3 is 4.74 Å². The van der Waals surface area contributed by atoms with Crippen LogP contribution in [0.15, 0.2) is 24.5 Å². The number of pyridine rings is 1. The first-order chi connectivity index (χ1) is 8.94. The van der Waals surface area contributed by atoms with E-state index in [2.05, 4.69) is 14.4 Å². The quantitative estimate of drug-likeness (QED) is 0.756. The number of carbonyl (C=O) groups excluding carboxylic acids is 1. The molecule has 0 unspecified atom stereocenters. The number of hydrogen-bond donors (Lipinski definition) is 1. The van der Waals surface area contributed by atoms with E-state index in [1.54, 1.807) is 31.5 Å². The Bertz CT molecular complexity index is 502. The second kappa shape index (κ2) is 7.20. The molecule has 0 aromatic carbocycles. The van der Waals surface area contributed by atoms with Crippen molar-refractivity contribution in [3.63, 3.8) is 0 Å². The highest BCUT2D eigenvalue weighted by atomic mass is 32.2. The van der Waals surface area contributed by atoms with Crippen LogP contribution in [0.3, 0.4) is 0 Å². The third-order valence-corrected chi connectivity index (χ3v) is 4.12. The lowest BCUT2D eigenvalue weighted by molar-refractivity contribution is -0.140. The van der Waals surface area contributed by atoms with Crippen molar-refractivity contribution < 1.29 is 17.9 Å². The molecular formula is C12H18N2O4S. The summed E-state index contributed by atoms with van der Waals surface area (Å²) < 4.78 is 30.6. The van der Waals surface area contributed by atoms with Crippen LogP contribution in [0.5, 0.6) is 0 Å². The summed E-state index contributed by atoms with van der Waals surface area (Å²) in [4.78, 5) is 14.8. The lowest BCUT2D eigenvalue weighted by Gasteiger charge is -2.14. The predicted octanol–water partition coefficient (Wildman–Crippen LogP) is 1.02. The Labute approximate surface area is 113 Å². The highest BCUT2D eigenvalue weighted by molar-refractivity contribution is 7.89. The van der Waals surface area contributed by atoms with Crippen molar-refractivity contribution in [3.05, 3.63) is 30.1 Å². The lowest BCUT2D eigenvalue weighted by atomic mass is 10.1. The Morgan fingerprint density at radius 3 is 2.63 bits per heavy atom. The summed E-state index contributed by atoms with van der Waals surface area (Å²) in [6, 6.07) is 3.18. The first-order valence-electron chi connectivity index (χ1n) is 5.91. The fraction of sp³-hybridized carbons (Fsp3) is 0.500. The van der Waals surface area contributed by atoms with Gasteiger partial charge in [-0.15, -0.1) is 0 Å². The van der Waals surface area contributed by atoms with E-state index < -0.39 is 16.0 Å². The molecule has 1 N–H and O–H groups in total. The van der Waals surface area contributed by atoms with Crippen molar-refractivity contribution >= 4 is 16.0 Å². The maximum absolute atomic E-state index is 11.8. The Morgan fingerprint density at radius 2 is 2.05 bits per heavy atom. The van der Waals surface area contributed by atoms with Gasteiger partial charge in [0, 0.05) is 24.9 Å². The minimum Gasteiger partial charge on any atom is -0.469 e. The van der Waals surface area contributed by atoms with Crippen LogP contribution < -0.4 is 4.72 Å². The van der Waals surface area contributed by atoms with Crippen molar-refractivity contribution in [2.24, 2.45) is 0 Å². The van der Waals surface area contributed by atoms with E-state index in [0.717, 1.165) is 5.56 Å². The summed E-state index contributed by atoms with van der Waals surface area (Å²) >= 11 is 0. The van der Waals surface area contributed by atoms with Crippen LogP contribution in [0.1, 0.15) is 31.4 Å². The average molecular weight is 286 g/mol. The van der Waals surface area contributed by atoms with Gasteiger partial charge in [-0.2, -0.15) is 0 Å². The molecule has 0 radical (unpaired) electrons. The molecule has 1 atom stereocenters. The summed E-state index contributed by atoms with van der Waals surface area (Å²) in [5, 5.41) is 0. The molecule has 1 rings (SSSR count). The zero-order valence-electron chi connectivity index (χ0n) is 11.0. The summed E-state index contributed by atoms with van der Waals surface area (Å²) in [5.41, 5.74) is 0.839. The van der Waals surface area contributed by atoms with Crippen molar-refractivity contribution in [1.29, 1.82) is 0 Å². The second-order valence-electron chi connectivity index (χ2n) is 4.12. The summed E-state index contributed by atoms with van der Waals surface area (Å²) in [6.45, 7) is 1.76. The molecule has 0 aliphatic heterocycles. The molecule has 106 valence electrons. The molecule has 6 nitrogen and oxygen atoms in total. The molecule has 0 fully saturated rings. The van der Waals surface area contributed by atoms with Crippen LogP contribution in [-0.4, -0.2) is 32.2 Å². The number of rotatable bonds is 7. The lowest BCUT2D eigenvalue weighted by Crippen LogP contribution is -2.29. The van der Waals surface area contributed by atoms with Crippen molar-refractivity contribution in [3.8, 4) is 0 Å². The van der Waals surface area contributed by atoms with E-state index in [0.29, 0.717) is 0 Å². The number of ether oxygens (including phenoxy) is 1. The van der Waals surface area contributed by atoms with Gasteiger partial charge in [0.2, 0.25) is 10.0 Å². The van der Waals surface area contributed by atoms with Crippen LogP contribution in [0.4, 0.5) is 0 Å². The normalized spacial score (nSPS) is 12.9. The summed E-state index contributed by atoms with van der Waals surface area (Å²) in [7, 11) is -2.13. The highest BCUT2D eigenvalue weighted by Crippen LogP contribution is 2.12. The van der Waals surface area contributed by atoms with Gasteiger partial charge in [-0.1, -0.05) is 0 Å². The molecule has 0 saturated carbocycles. The molecule has 7 heteroatoms. The molecule has 0 bridgehead atoms. The van der Waals surface area contributed by atoms with Gasteiger partial charge in [0.15, 0.2) is 0 Å². The number of nitrogens with zero attached hydrogens (tertiary/aromatic N) is 1. The number of carbonyl (C=O) groups is 1. The van der Waals surface area contributed by atoms with Crippen LogP contribution >= 0.6 is 0 Å². The monoisotopic (exact) mass is 286 g/mol. The SMILES string of the molecule is COC(=O)CCCS(=O)(=O)N[C@H](C)c1ccncc1. The van der Waals surface area contributed by atoms with Crippen LogP contribution in [-0.2, 0) is 19.6 Å². The fourth-order valence-corrected chi connectivity index (χ4v) is 2.87. The molecule has 0 amide bonds. The molecule has 1 aromatic heterocycles. The number of esters is 1. The van der Waals surface area contributed by atoms with Crippen molar-refractivity contribution in [2.75, 3.05) is 12.9 Å². The Morgan fingerprint density at radius 1 is 1.42 bits per heavy atom. The minimum absolute atomic E-state index is 0.0983. The minimum atomic E-state index is -3.41. The molecule has 1 aromatic rings. The average Bonchev–Trinajstić information content (AvgIpc) is 2.38. The Kier molecular flexibility index (Phi) is 5.91. The maximum atomic E-state index is 11.8. The van der Waals surface area contributed by atoms with Gasteiger partial charge in [0.1, 0.15) is 0 Å². The zero-order chi connectivity index (χ0) is 14.3. The van der Waals surface area contributed by atoms with Gasteiger partial charge in [-0.25, -0.2) is 13.1 Å². The van der Waals surface area contributed by atoms with E-state index in [1.807, 2.05) is 0 Å². The maximum Gasteiger partial charge on any atom is 0.305 e. The standard InChI is InChI=1S/C12H18N2O4S/c1-10(11-5-7-13-8-6-11)14-19(16,17)9-3-4-12(15)18-2/h5-8,10,14H,3-4,9H2,1-2H3/t10-/m1/s1. The number of hydrogen-bond acceptors (Lipinski definition) is 5. The van der Waals surface area contributed by atoms with Crippen molar-refractivity contribution in [2.45, 2.75) is 25.8 Å². The van der Waals surface area contributed by atoms with E-state index in [-0.39, 0.29) is 24.6 Å². The van der Waals surface area contributed by atoms with Crippen LogP contribution in [0, 0.1) is 0 Å². The highest BCUT2D eigenvalue weighted by Gasteiger charge is 2.16. The van der Waals surface area contributed by atoms with Gasteiger partial charge >= 0.3 is 5.97 Å². The molecule has 19 heavy (non-hydrogen) atoms. The first kappa shape index (κ1) is 15.6. The topological polar surface area (TPSA) is 85.4 Å². The van der Waals surface area contributed by atoms with Gasteiger partial charge in [-0.05, 0) is 31.0 Å². The molecule has 0 saturated heterocycles. The molecule has 1 heterocycles. The summed E-state index contributed by atoms with van der Waals surface area (Å²) in [5.74, 6) is -0.505. The summed E-state index contributed by atoms with van der Waals surface area (Å²) in [6.07, 6.45) is 3.56. The largest absolute Gasteiger partial charge is 0.469 e. The third-order valence-electron chi connectivity index (χ3n) is 2.58. The zero-order valence-corrected chi connectivity index (χ0v) is 11.8. The predicted molar refractivity (Wildman–Crippen MR) is 70.8 cm³/mol. The first-order valence-corrected chi connectivity index (χ1v) is 7.56. The number of nitrogens with one attached hydrogen (secondary N) is 1. The fourth-order valence-electron chi connectivity index (χ4n) is 1.56. The number of aromatic nitrogens is 1. The van der Waals surface area contributed by atoms with Gasteiger partial charge in [0.25, 0.3) is 0 Å². The van der Waals surface area contributed by atoms with E-state index in [4.69, 9.17) is 0 Å². The van der Waals surface area contributed by atoms with E-state index in [1.165, 1.54) is 7.11 Å². The van der Waals surface area contributed by atoms with E-state index in [9.17, 15) is 13.2 Å². The molecule has 0 aliphatic rings. The van der Waals surface area contributed by atoms with Crippen LogP contribution in [0.25, 0.3) is 0 Å². The van der Waals surface area contributed by atoms with Gasteiger partial charge in [-0.3, -0.25) is 9.78 Å². The van der Waals surface area contributed by atoms with Crippen molar-refractivity contribution in [1.82, 2.24) is 9.71 Å². The molecule has 0 spiro atoms. The molecule has 0 aliphatic carbocycles. The number of methoxy groups -OCH3 is 1. The van der Waals surface area contributed by atoms with E-state index >= 15 is 0 Å². The smallest absolute Gasteiger partial charge is 0.305 e. The van der Waals surface area contributed by atoms with Crippen LogP contribution in [0.2, 0.25) is 0 Å². The Balaban J connectivity index is 2.48. The second-order valence-corrected chi connectivity index (χ2v) is 5.99. The molecular weight excluding hydrogens is 268 g/mol. The third kappa shape index (κ3) is 5.80. The number of sulfonamides is 1. The van der Waals surface area contributed by atoms with Gasteiger partial charge in [0.05, 0.1) is 12.9 Å².